The summed E-state index contributed by atoms with van der Waals surface area (Å²) in [5, 5.41) is 3.10. The van der Waals surface area contributed by atoms with Gasteiger partial charge in [0.2, 0.25) is 0 Å². The molecular formula is C25H29NO6. The van der Waals surface area contributed by atoms with Gasteiger partial charge in [-0.3, -0.25) is 0 Å². The minimum absolute atomic E-state index is 0.202. The first-order valence-electron chi connectivity index (χ1n) is 10.4. The topological polar surface area (TPSA) is 90.9 Å². The number of carbonyl (C=O) groups is 3. The third kappa shape index (κ3) is 5.97. The summed E-state index contributed by atoms with van der Waals surface area (Å²) in [5.74, 6) is -1.96. The molecule has 0 saturated carbocycles. The molecule has 32 heavy (non-hydrogen) atoms. The average Bonchev–Trinajstić information content (AvgIpc) is 2.71. The van der Waals surface area contributed by atoms with Gasteiger partial charge in [-0.25, -0.2) is 14.4 Å². The molecule has 0 aliphatic carbocycles. The summed E-state index contributed by atoms with van der Waals surface area (Å²) >= 11 is 0. The van der Waals surface area contributed by atoms with E-state index in [2.05, 4.69) is 11.9 Å². The number of nitrogens with one attached hydrogen (secondary N) is 1. The molecule has 1 heterocycles. The van der Waals surface area contributed by atoms with Crippen LogP contribution in [0.5, 0.6) is 0 Å². The van der Waals surface area contributed by atoms with Crippen LogP contribution >= 0.6 is 0 Å². The Hall–Kier alpha value is -3.61. The second kappa shape index (κ2) is 11.1. The molecule has 170 valence electrons. The number of allylic oxidation sites excluding steroid dienone is 3. The number of esters is 3. The molecule has 1 aliphatic rings. The standard InChI is InChI=1S/C25H29NO6/c1-7-30-24(28)21-16(5)26-17(6)22(25(29)31-8-2)23(21)19-11-9-10-18(14-19)12-13-20(27)32-15(3)4/h9-14,23,26H,3,7-8H2,1-2,4-6H3/b13-12+. The first kappa shape index (κ1) is 24.7. The molecule has 7 nitrogen and oxygen atoms in total. The van der Waals surface area contributed by atoms with Crippen LogP contribution in [0.1, 0.15) is 51.7 Å². The van der Waals surface area contributed by atoms with Crippen molar-refractivity contribution in [3.63, 3.8) is 0 Å². The number of hydrogen-bond acceptors (Lipinski definition) is 7. The number of benzene rings is 1. The Morgan fingerprint density at radius 1 is 1.03 bits per heavy atom. The smallest absolute Gasteiger partial charge is 0.336 e. The molecule has 0 bridgehead atoms. The summed E-state index contributed by atoms with van der Waals surface area (Å²) in [6, 6.07) is 7.21. The highest BCUT2D eigenvalue weighted by molar-refractivity contribution is 6.00. The maximum Gasteiger partial charge on any atom is 0.336 e. The van der Waals surface area contributed by atoms with Crippen LogP contribution in [0, 0.1) is 0 Å². The van der Waals surface area contributed by atoms with Crippen LogP contribution in [0.3, 0.4) is 0 Å². The van der Waals surface area contributed by atoms with Crippen molar-refractivity contribution in [2.75, 3.05) is 13.2 Å². The monoisotopic (exact) mass is 439 g/mol. The zero-order valence-corrected chi connectivity index (χ0v) is 19.1. The van der Waals surface area contributed by atoms with E-state index in [-0.39, 0.29) is 13.2 Å². The van der Waals surface area contributed by atoms with Crippen LogP contribution in [0.25, 0.3) is 6.08 Å². The number of dihydropyridines is 1. The molecule has 1 aromatic rings. The van der Waals surface area contributed by atoms with E-state index in [0.29, 0.717) is 39.4 Å². The van der Waals surface area contributed by atoms with Gasteiger partial charge in [-0.15, -0.1) is 0 Å². The van der Waals surface area contributed by atoms with Crippen molar-refractivity contribution in [1.29, 1.82) is 0 Å². The van der Waals surface area contributed by atoms with E-state index in [4.69, 9.17) is 14.2 Å². The lowest BCUT2D eigenvalue weighted by molar-refractivity contribution is -0.139. The Kier molecular flexibility index (Phi) is 8.58. The molecule has 1 aromatic carbocycles. The minimum atomic E-state index is -0.690. The van der Waals surface area contributed by atoms with Crippen LogP contribution in [0.15, 0.2) is 65.2 Å². The lowest BCUT2D eigenvalue weighted by atomic mass is 9.80. The average molecular weight is 440 g/mol. The Balaban J connectivity index is 2.56. The first-order valence-corrected chi connectivity index (χ1v) is 10.4. The van der Waals surface area contributed by atoms with E-state index in [9.17, 15) is 14.4 Å². The molecule has 0 saturated heterocycles. The van der Waals surface area contributed by atoms with Gasteiger partial charge >= 0.3 is 17.9 Å². The summed E-state index contributed by atoms with van der Waals surface area (Å²) < 4.78 is 15.5. The van der Waals surface area contributed by atoms with Crippen LogP contribution in [0.4, 0.5) is 0 Å². The third-order valence-electron chi connectivity index (χ3n) is 4.68. The molecule has 0 spiro atoms. The van der Waals surface area contributed by atoms with Crippen molar-refractivity contribution in [3.05, 3.63) is 76.3 Å². The number of rotatable bonds is 8. The van der Waals surface area contributed by atoms with Gasteiger partial charge in [-0.2, -0.15) is 0 Å². The molecule has 0 unspecified atom stereocenters. The molecule has 1 aliphatic heterocycles. The molecule has 0 aromatic heterocycles. The van der Waals surface area contributed by atoms with Crippen molar-refractivity contribution in [1.82, 2.24) is 5.32 Å². The van der Waals surface area contributed by atoms with Crippen molar-refractivity contribution in [2.24, 2.45) is 0 Å². The van der Waals surface area contributed by atoms with Gasteiger partial charge in [0, 0.05) is 17.5 Å². The van der Waals surface area contributed by atoms with E-state index in [1.165, 1.54) is 6.08 Å². The number of ether oxygens (including phenoxy) is 3. The van der Waals surface area contributed by atoms with Crippen LogP contribution in [-0.4, -0.2) is 31.1 Å². The summed E-state index contributed by atoms with van der Waals surface area (Å²) in [6.45, 7) is 12.5. The zero-order chi connectivity index (χ0) is 23.8. The Morgan fingerprint density at radius 2 is 1.59 bits per heavy atom. The number of hydrogen-bond donors (Lipinski definition) is 1. The third-order valence-corrected chi connectivity index (χ3v) is 4.68. The largest absolute Gasteiger partial charge is 0.463 e. The fourth-order valence-electron chi connectivity index (χ4n) is 3.50. The van der Waals surface area contributed by atoms with Gasteiger partial charge in [-0.05, 0) is 51.8 Å². The van der Waals surface area contributed by atoms with E-state index < -0.39 is 23.8 Å². The summed E-state index contributed by atoms with van der Waals surface area (Å²) in [4.78, 5) is 37.5. The van der Waals surface area contributed by atoms with Crippen molar-refractivity contribution >= 4 is 24.0 Å². The molecule has 2 rings (SSSR count). The van der Waals surface area contributed by atoms with Crippen molar-refractivity contribution in [3.8, 4) is 0 Å². The van der Waals surface area contributed by atoms with Gasteiger partial charge < -0.3 is 19.5 Å². The quantitative estimate of drug-likeness (QED) is 0.282. The van der Waals surface area contributed by atoms with Crippen LogP contribution in [0.2, 0.25) is 0 Å². The van der Waals surface area contributed by atoms with E-state index in [1.54, 1.807) is 58.9 Å². The molecule has 0 amide bonds. The highest BCUT2D eigenvalue weighted by atomic mass is 16.5. The lowest BCUT2D eigenvalue weighted by Crippen LogP contribution is -2.32. The van der Waals surface area contributed by atoms with E-state index in [1.807, 2.05) is 6.07 Å². The molecule has 7 heteroatoms. The van der Waals surface area contributed by atoms with E-state index >= 15 is 0 Å². The second-order valence-corrected chi connectivity index (χ2v) is 7.20. The SMILES string of the molecule is C=C(C)OC(=O)/C=C/c1cccc(C2C(C(=O)OCC)=C(C)NC(C)=C2C(=O)OCC)c1. The Bertz CT molecular complexity index is 975. The predicted octanol–water partition coefficient (Wildman–Crippen LogP) is 4.14. The second-order valence-electron chi connectivity index (χ2n) is 7.20. The van der Waals surface area contributed by atoms with Gasteiger partial charge in [0.1, 0.15) is 0 Å². The van der Waals surface area contributed by atoms with Gasteiger partial charge in [0.15, 0.2) is 0 Å². The number of carbonyl (C=O) groups excluding carboxylic acids is 3. The van der Waals surface area contributed by atoms with Crippen molar-refractivity contribution in [2.45, 2.75) is 40.5 Å². The van der Waals surface area contributed by atoms with Crippen LogP contribution < -0.4 is 5.32 Å². The lowest BCUT2D eigenvalue weighted by Gasteiger charge is -2.30. The fourth-order valence-corrected chi connectivity index (χ4v) is 3.50. The van der Waals surface area contributed by atoms with Gasteiger partial charge in [0.05, 0.1) is 36.0 Å². The van der Waals surface area contributed by atoms with Gasteiger partial charge in [0.25, 0.3) is 0 Å². The maximum absolute atomic E-state index is 12.8. The summed E-state index contributed by atoms with van der Waals surface area (Å²) in [7, 11) is 0. The molecule has 1 N–H and O–H groups in total. The Labute approximate surface area is 188 Å². The fraction of sp³-hybridized carbons (Fsp3) is 0.320. The maximum atomic E-state index is 12.8. The highest BCUT2D eigenvalue weighted by Crippen LogP contribution is 2.39. The molecule has 0 radical (unpaired) electrons. The molecular weight excluding hydrogens is 410 g/mol. The highest BCUT2D eigenvalue weighted by Gasteiger charge is 2.37. The zero-order valence-electron chi connectivity index (χ0n) is 19.1. The van der Waals surface area contributed by atoms with Crippen molar-refractivity contribution < 1.29 is 28.6 Å². The molecule has 0 atom stereocenters. The molecule has 0 fully saturated rings. The predicted molar refractivity (Wildman–Crippen MR) is 121 cm³/mol. The minimum Gasteiger partial charge on any atom is -0.463 e. The Morgan fingerprint density at radius 3 is 2.09 bits per heavy atom. The normalized spacial score (nSPS) is 14.3. The summed E-state index contributed by atoms with van der Waals surface area (Å²) in [6.07, 6.45) is 2.88. The van der Waals surface area contributed by atoms with Gasteiger partial charge in [-0.1, -0.05) is 30.8 Å². The summed E-state index contributed by atoms with van der Waals surface area (Å²) in [5.41, 5.74) is 3.26. The first-order chi connectivity index (χ1) is 15.2. The van der Waals surface area contributed by atoms with Crippen LogP contribution in [-0.2, 0) is 28.6 Å². The van der Waals surface area contributed by atoms with E-state index in [0.717, 1.165) is 0 Å².